The standard InChI is InChI=1S/C8H15N3O7/c9-6(5-7(12)13)8(14)17-3-1-10-2-4-18-11(15)16/h6,10H,1-5,9H2,(H,12,13). The predicted octanol–water partition coefficient (Wildman–Crippen LogP) is -1.87. The fourth-order valence-electron chi connectivity index (χ4n) is 0.920. The summed E-state index contributed by atoms with van der Waals surface area (Å²) in [6, 6.07) is -1.19. The Morgan fingerprint density at radius 1 is 1.39 bits per heavy atom. The Bertz CT molecular complexity index is 296. The molecule has 4 N–H and O–H groups in total. The second-order valence-electron chi connectivity index (χ2n) is 3.18. The fraction of sp³-hybridized carbons (Fsp3) is 0.750. The Balaban J connectivity index is 3.45. The zero-order valence-electron chi connectivity index (χ0n) is 9.53. The predicted molar refractivity (Wildman–Crippen MR) is 57.0 cm³/mol. The topological polar surface area (TPSA) is 154 Å². The van der Waals surface area contributed by atoms with Crippen molar-refractivity contribution >= 4 is 11.9 Å². The maximum atomic E-state index is 11.1. The van der Waals surface area contributed by atoms with E-state index in [1.54, 1.807) is 0 Å². The lowest BCUT2D eigenvalue weighted by atomic mass is 10.2. The first kappa shape index (κ1) is 16.1. The molecule has 104 valence electrons. The van der Waals surface area contributed by atoms with Gasteiger partial charge in [0.05, 0.1) is 6.42 Å². The van der Waals surface area contributed by atoms with Crippen LogP contribution < -0.4 is 11.1 Å². The first-order valence-corrected chi connectivity index (χ1v) is 5.05. The first-order chi connectivity index (χ1) is 8.43. The fourth-order valence-corrected chi connectivity index (χ4v) is 0.920. The molecule has 0 aromatic carbocycles. The van der Waals surface area contributed by atoms with E-state index in [1.165, 1.54) is 0 Å². The van der Waals surface area contributed by atoms with Gasteiger partial charge in [0, 0.05) is 13.1 Å². The molecule has 0 rings (SSSR count). The number of carbonyl (C=O) groups is 2. The molecule has 0 aromatic heterocycles. The third-order valence-corrected chi connectivity index (χ3v) is 1.70. The Kier molecular flexibility index (Phi) is 8.14. The molecule has 0 radical (unpaired) electrons. The summed E-state index contributed by atoms with van der Waals surface area (Å²) >= 11 is 0. The molecule has 10 heteroatoms. The number of aliphatic carboxylic acids is 1. The molecule has 10 nitrogen and oxygen atoms in total. The molecule has 0 aliphatic heterocycles. The van der Waals surface area contributed by atoms with Gasteiger partial charge in [-0.2, -0.15) is 0 Å². The van der Waals surface area contributed by atoms with E-state index in [0.717, 1.165) is 0 Å². The maximum Gasteiger partial charge on any atom is 0.323 e. The number of nitrogens with zero attached hydrogens (tertiary/aromatic N) is 1. The van der Waals surface area contributed by atoms with Crippen LogP contribution in [0.25, 0.3) is 0 Å². The minimum atomic E-state index is -1.19. The molecule has 0 saturated carbocycles. The van der Waals surface area contributed by atoms with Crippen molar-refractivity contribution in [3.8, 4) is 0 Å². The summed E-state index contributed by atoms with van der Waals surface area (Å²) in [5, 5.41) is 19.9. The quantitative estimate of drug-likeness (QED) is 0.178. The van der Waals surface area contributed by atoms with E-state index in [1.807, 2.05) is 0 Å². The SMILES string of the molecule is NC(CC(=O)O)C(=O)OCCNCCO[N+](=O)[O-]. The van der Waals surface area contributed by atoms with Crippen LogP contribution in [0.4, 0.5) is 0 Å². The van der Waals surface area contributed by atoms with Crippen LogP contribution in [0.15, 0.2) is 0 Å². The summed E-state index contributed by atoms with van der Waals surface area (Å²) in [6.45, 7) is 0.358. The summed E-state index contributed by atoms with van der Waals surface area (Å²) in [6.07, 6.45) is -0.497. The Hall–Kier alpha value is -1.94. The molecule has 18 heavy (non-hydrogen) atoms. The molecular weight excluding hydrogens is 250 g/mol. The number of esters is 1. The highest BCUT2D eigenvalue weighted by Gasteiger charge is 2.17. The van der Waals surface area contributed by atoms with Gasteiger partial charge in [-0.3, -0.25) is 9.59 Å². The molecule has 1 unspecified atom stereocenters. The van der Waals surface area contributed by atoms with Crippen LogP contribution in [0.3, 0.4) is 0 Å². The van der Waals surface area contributed by atoms with Crippen LogP contribution in [-0.4, -0.2) is 54.5 Å². The molecule has 0 aromatic rings. The Morgan fingerprint density at radius 2 is 2.00 bits per heavy atom. The molecule has 0 saturated heterocycles. The van der Waals surface area contributed by atoms with Gasteiger partial charge in [0.2, 0.25) is 0 Å². The number of rotatable bonds is 10. The van der Waals surface area contributed by atoms with E-state index in [0.29, 0.717) is 0 Å². The highest BCUT2D eigenvalue weighted by Crippen LogP contribution is 1.91. The molecule has 0 spiro atoms. The average molecular weight is 265 g/mol. The van der Waals surface area contributed by atoms with Crippen molar-refractivity contribution in [3.63, 3.8) is 0 Å². The second-order valence-corrected chi connectivity index (χ2v) is 3.18. The van der Waals surface area contributed by atoms with Crippen LogP contribution in [0.5, 0.6) is 0 Å². The summed E-state index contributed by atoms with van der Waals surface area (Å²) < 4.78 is 4.67. The number of carboxylic acid groups (broad SMARTS) is 1. The van der Waals surface area contributed by atoms with Crippen molar-refractivity contribution in [3.05, 3.63) is 10.1 Å². The van der Waals surface area contributed by atoms with Crippen LogP contribution in [-0.2, 0) is 19.2 Å². The van der Waals surface area contributed by atoms with Crippen LogP contribution >= 0.6 is 0 Å². The smallest absolute Gasteiger partial charge is 0.323 e. The number of hydrogen-bond acceptors (Lipinski definition) is 8. The van der Waals surface area contributed by atoms with Gasteiger partial charge in [0.25, 0.3) is 5.09 Å². The number of hydrogen-bond donors (Lipinski definition) is 3. The summed E-state index contributed by atoms with van der Waals surface area (Å²) in [7, 11) is 0. The van der Waals surface area contributed by atoms with Gasteiger partial charge in [-0.1, -0.05) is 0 Å². The highest BCUT2D eigenvalue weighted by atomic mass is 16.9. The molecule has 0 bridgehead atoms. The van der Waals surface area contributed by atoms with Crippen molar-refractivity contribution in [2.75, 3.05) is 26.3 Å². The lowest BCUT2D eigenvalue weighted by Crippen LogP contribution is -2.36. The van der Waals surface area contributed by atoms with E-state index in [9.17, 15) is 19.7 Å². The van der Waals surface area contributed by atoms with Crippen molar-refractivity contribution in [2.24, 2.45) is 5.73 Å². The Labute approximate surface area is 102 Å². The van der Waals surface area contributed by atoms with Crippen molar-refractivity contribution in [1.29, 1.82) is 0 Å². The van der Waals surface area contributed by atoms with E-state index in [-0.39, 0.29) is 26.3 Å². The second kappa shape index (κ2) is 9.13. The summed E-state index contributed by atoms with van der Waals surface area (Å²) in [4.78, 5) is 35.1. The van der Waals surface area contributed by atoms with E-state index in [4.69, 9.17) is 10.8 Å². The van der Waals surface area contributed by atoms with E-state index < -0.39 is 29.5 Å². The summed E-state index contributed by atoms with van der Waals surface area (Å²) in [5.74, 6) is -1.99. The summed E-state index contributed by atoms with van der Waals surface area (Å²) in [5.41, 5.74) is 5.24. The monoisotopic (exact) mass is 265 g/mol. The molecule has 0 aliphatic carbocycles. The van der Waals surface area contributed by atoms with Gasteiger partial charge in [0.1, 0.15) is 19.3 Å². The molecule has 0 amide bonds. The molecular formula is C8H15N3O7. The molecule has 0 heterocycles. The number of nitrogens with two attached hydrogens (primary N) is 1. The Morgan fingerprint density at radius 3 is 2.56 bits per heavy atom. The van der Waals surface area contributed by atoms with Crippen LogP contribution in [0.2, 0.25) is 0 Å². The molecule has 1 atom stereocenters. The molecule has 0 fully saturated rings. The van der Waals surface area contributed by atoms with Crippen molar-refractivity contribution < 1.29 is 29.4 Å². The zero-order chi connectivity index (χ0) is 14.0. The normalized spacial score (nSPS) is 11.6. The largest absolute Gasteiger partial charge is 0.481 e. The van der Waals surface area contributed by atoms with Crippen molar-refractivity contribution in [1.82, 2.24) is 5.32 Å². The van der Waals surface area contributed by atoms with Crippen LogP contribution in [0.1, 0.15) is 6.42 Å². The van der Waals surface area contributed by atoms with Gasteiger partial charge >= 0.3 is 11.9 Å². The lowest BCUT2D eigenvalue weighted by Gasteiger charge is -2.09. The highest BCUT2D eigenvalue weighted by molar-refractivity contribution is 5.81. The van der Waals surface area contributed by atoms with Gasteiger partial charge < -0.3 is 25.7 Å². The number of ether oxygens (including phenoxy) is 1. The number of nitrogens with one attached hydrogen (secondary N) is 1. The first-order valence-electron chi connectivity index (χ1n) is 5.05. The van der Waals surface area contributed by atoms with Gasteiger partial charge in [-0.05, 0) is 0 Å². The minimum Gasteiger partial charge on any atom is -0.481 e. The van der Waals surface area contributed by atoms with Gasteiger partial charge in [-0.25, -0.2) is 0 Å². The third kappa shape index (κ3) is 9.30. The minimum absolute atomic E-state index is 0.00931. The lowest BCUT2D eigenvalue weighted by molar-refractivity contribution is -0.757. The molecule has 0 aliphatic rings. The third-order valence-electron chi connectivity index (χ3n) is 1.70. The van der Waals surface area contributed by atoms with Gasteiger partial charge in [-0.15, -0.1) is 10.1 Å². The van der Waals surface area contributed by atoms with E-state index >= 15 is 0 Å². The maximum absolute atomic E-state index is 11.1. The van der Waals surface area contributed by atoms with Gasteiger partial charge in [0.15, 0.2) is 0 Å². The number of carbonyl (C=O) groups excluding carboxylic acids is 1. The zero-order valence-corrected chi connectivity index (χ0v) is 9.53. The van der Waals surface area contributed by atoms with Crippen LogP contribution in [0, 0.1) is 10.1 Å². The van der Waals surface area contributed by atoms with E-state index in [2.05, 4.69) is 14.9 Å². The van der Waals surface area contributed by atoms with Crippen molar-refractivity contribution in [2.45, 2.75) is 12.5 Å². The average Bonchev–Trinajstić information content (AvgIpc) is 2.26. The number of carboxylic acids is 1.